The lowest BCUT2D eigenvalue weighted by molar-refractivity contribution is -0.139. The largest absolute Gasteiger partial charge is 0.417 e. The first-order valence-corrected chi connectivity index (χ1v) is 7.61. The van der Waals surface area contributed by atoms with E-state index >= 15 is 0 Å². The molecule has 0 spiro atoms. The minimum atomic E-state index is -4.49. The summed E-state index contributed by atoms with van der Waals surface area (Å²) in [6.45, 7) is 5.99. The van der Waals surface area contributed by atoms with Gasteiger partial charge in [0, 0.05) is 12.1 Å². The highest BCUT2D eigenvalue weighted by Gasteiger charge is 2.40. The summed E-state index contributed by atoms with van der Waals surface area (Å²) >= 11 is 0. The molecule has 112 valence electrons. The van der Waals surface area contributed by atoms with Crippen LogP contribution in [0.4, 0.5) is 13.2 Å². The Morgan fingerprint density at radius 1 is 1.30 bits per heavy atom. The quantitative estimate of drug-likeness (QED) is 0.811. The average molecular weight is 305 g/mol. The summed E-state index contributed by atoms with van der Waals surface area (Å²) in [7, 11) is -1.78. The standard InChI is InChI=1S/C14H18F3NOS/c1-10-5-6-12(11(9-10)14(15,16)17)20(19)18-8-4-7-13(18,2)3/h5-6,9H,4,7-8H2,1-3H3. The zero-order chi connectivity index (χ0) is 15.1. The Kier molecular flexibility index (Phi) is 3.99. The highest BCUT2D eigenvalue weighted by Crippen LogP contribution is 2.38. The highest BCUT2D eigenvalue weighted by molar-refractivity contribution is 7.82. The van der Waals surface area contributed by atoms with Crippen LogP contribution in [-0.2, 0) is 17.2 Å². The second-order valence-electron chi connectivity index (χ2n) is 5.76. The molecule has 0 aliphatic carbocycles. The van der Waals surface area contributed by atoms with E-state index < -0.39 is 22.7 Å². The van der Waals surface area contributed by atoms with Gasteiger partial charge in [0.15, 0.2) is 0 Å². The number of rotatable bonds is 2. The lowest BCUT2D eigenvalue weighted by Gasteiger charge is -2.30. The summed E-state index contributed by atoms with van der Waals surface area (Å²) in [5.41, 5.74) is -0.615. The second-order valence-corrected chi connectivity index (χ2v) is 7.14. The van der Waals surface area contributed by atoms with Crippen LogP contribution in [0, 0.1) is 6.92 Å². The minimum Gasteiger partial charge on any atom is -0.237 e. The molecule has 1 fully saturated rings. The molecule has 1 aliphatic rings. The molecular formula is C14H18F3NOS. The molecule has 20 heavy (non-hydrogen) atoms. The van der Waals surface area contributed by atoms with Crippen molar-refractivity contribution in [2.24, 2.45) is 0 Å². The number of hydrogen-bond acceptors (Lipinski definition) is 1. The molecule has 1 aromatic carbocycles. The maximum atomic E-state index is 13.1. The Balaban J connectivity index is 2.45. The van der Waals surface area contributed by atoms with E-state index in [2.05, 4.69) is 0 Å². The molecule has 0 aromatic heterocycles. The maximum Gasteiger partial charge on any atom is 0.417 e. The first-order chi connectivity index (χ1) is 9.13. The smallest absolute Gasteiger partial charge is 0.237 e. The van der Waals surface area contributed by atoms with Gasteiger partial charge < -0.3 is 0 Å². The van der Waals surface area contributed by atoms with Crippen molar-refractivity contribution in [3.63, 3.8) is 0 Å². The molecular weight excluding hydrogens is 287 g/mol. The molecule has 2 nitrogen and oxygen atoms in total. The lowest BCUT2D eigenvalue weighted by atomic mass is 10.0. The monoisotopic (exact) mass is 305 g/mol. The summed E-state index contributed by atoms with van der Waals surface area (Å²) in [6.07, 6.45) is -2.79. The van der Waals surface area contributed by atoms with Crippen LogP contribution in [0.15, 0.2) is 23.1 Å². The zero-order valence-corrected chi connectivity index (χ0v) is 12.6. The predicted octanol–water partition coefficient (Wildman–Crippen LogP) is 3.91. The number of aryl methyl sites for hydroxylation is 1. The Labute approximate surface area is 119 Å². The molecule has 1 saturated heterocycles. The maximum absolute atomic E-state index is 13.1. The third-order valence-corrected chi connectivity index (χ3v) is 5.46. The second kappa shape index (κ2) is 5.15. The van der Waals surface area contributed by atoms with Gasteiger partial charge in [0.1, 0.15) is 11.0 Å². The third-order valence-electron chi connectivity index (χ3n) is 3.65. The van der Waals surface area contributed by atoms with Crippen LogP contribution in [0.2, 0.25) is 0 Å². The van der Waals surface area contributed by atoms with Gasteiger partial charge in [-0.05, 0) is 45.7 Å². The van der Waals surface area contributed by atoms with Crippen LogP contribution in [0.5, 0.6) is 0 Å². The van der Waals surface area contributed by atoms with Crippen molar-refractivity contribution < 1.29 is 17.4 Å². The Morgan fingerprint density at radius 2 is 1.95 bits per heavy atom. The van der Waals surface area contributed by atoms with Crippen LogP contribution in [0.25, 0.3) is 0 Å². The molecule has 0 amide bonds. The molecule has 1 heterocycles. The number of benzene rings is 1. The first kappa shape index (κ1) is 15.5. The van der Waals surface area contributed by atoms with Crippen LogP contribution in [-0.4, -0.2) is 20.6 Å². The Morgan fingerprint density at radius 3 is 2.45 bits per heavy atom. The average Bonchev–Trinajstić information content (AvgIpc) is 2.67. The zero-order valence-electron chi connectivity index (χ0n) is 11.8. The topological polar surface area (TPSA) is 20.3 Å². The SMILES string of the molecule is Cc1ccc(S(=O)N2CCCC2(C)C)c(C(F)(F)F)c1. The predicted molar refractivity (Wildman–Crippen MR) is 72.6 cm³/mol. The molecule has 6 heteroatoms. The number of alkyl halides is 3. The van der Waals surface area contributed by atoms with Crippen molar-refractivity contribution in [1.82, 2.24) is 4.31 Å². The van der Waals surface area contributed by atoms with Crippen LogP contribution in [0.3, 0.4) is 0 Å². The fraction of sp³-hybridized carbons (Fsp3) is 0.571. The van der Waals surface area contributed by atoms with Gasteiger partial charge in [0.25, 0.3) is 0 Å². The number of nitrogens with zero attached hydrogens (tertiary/aromatic N) is 1. The molecule has 1 aliphatic heterocycles. The van der Waals surface area contributed by atoms with Gasteiger partial charge in [-0.15, -0.1) is 0 Å². The van der Waals surface area contributed by atoms with Gasteiger partial charge in [-0.1, -0.05) is 11.6 Å². The third kappa shape index (κ3) is 2.91. The molecule has 1 aromatic rings. The molecule has 2 rings (SSSR count). The highest BCUT2D eigenvalue weighted by atomic mass is 32.2. The minimum absolute atomic E-state index is 0.141. The van der Waals surface area contributed by atoms with E-state index in [0.29, 0.717) is 12.1 Å². The molecule has 1 atom stereocenters. The molecule has 0 radical (unpaired) electrons. The van der Waals surface area contributed by atoms with Crippen LogP contribution < -0.4 is 0 Å². The van der Waals surface area contributed by atoms with E-state index in [9.17, 15) is 17.4 Å². The van der Waals surface area contributed by atoms with Crippen molar-refractivity contribution in [2.45, 2.75) is 50.2 Å². The number of halogens is 3. The number of hydrogen-bond donors (Lipinski definition) is 0. The van der Waals surface area contributed by atoms with Gasteiger partial charge >= 0.3 is 6.18 Å². The van der Waals surface area contributed by atoms with Gasteiger partial charge in [-0.2, -0.15) is 13.2 Å². The van der Waals surface area contributed by atoms with E-state index in [4.69, 9.17) is 0 Å². The van der Waals surface area contributed by atoms with E-state index in [1.165, 1.54) is 6.07 Å². The van der Waals surface area contributed by atoms with Crippen molar-refractivity contribution >= 4 is 11.0 Å². The fourth-order valence-corrected chi connectivity index (χ4v) is 4.15. The van der Waals surface area contributed by atoms with Crippen molar-refractivity contribution in [3.05, 3.63) is 29.3 Å². The Bertz CT molecular complexity index is 540. The molecule has 1 unspecified atom stereocenters. The fourth-order valence-electron chi connectivity index (χ4n) is 2.53. The van der Waals surface area contributed by atoms with E-state index in [1.807, 2.05) is 13.8 Å². The first-order valence-electron chi connectivity index (χ1n) is 6.50. The Hall–Kier alpha value is -0.880. The summed E-state index contributed by atoms with van der Waals surface area (Å²) in [5, 5.41) is 0. The van der Waals surface area contributed by atoms with Gasteiger partial charge in [-0.25, -0.2) is 8.51 Å². The summed E-state index contributed by atoms with van der Waals surface area (Å²) in [4.78, 5) is -0.141. The summed E-state index contributed by atoms with van der Waals surface area (Å²) in [6, 6.07) is 3.98. The van der Waals surface area contributed by atoms with E-state index in [-0.39, 0.29) is 10.4 Å². The summed E-state index contributed by atoms with van der Waals surface area (Å²) < 4.78 is 53.6. The van der Waals surface area contributed by atoms with Gasteiger partial charge in [0.2, 0.25) is 0 Å². The van der Waals surface area contributed by atoms with Gasteiger partial charge in [-0.3, -0.25) is 0 Å². The lowest BCUT2D eigenvalue weighted by Crippen LogP contribution is -2.39. The molecule has 0 bridgehead atoms. The molecule has 0 N–H and O–H groups in total. The molecule has 0 saturated carbocycles. The van der Waals surface area contributed by atoms with Crippen molar-refractivity contribution in [1.29, 1.82) is 0 Å². The normalized spacial score (nSPS) is 21.1. The van der Waals surface area contributed by atoms with Crippen LogP contribution in [0.1, 0.15) is 37.8 Å². The van der Waals surface area contributed by atoms with Gasteiger partial charge in [0.05, 0.1) is 10.5 Å². The van der Waals surface area contributed by atoms with E-state index in [0.717, 1.165) is 18.9 Å². The summed E-state index contributed by atoms with van der Waals surface area (Å²) in [5.74, 6) is 0. The van der Waals surface area contributed by atoms with Crippen LogP contribution >= 0.6 is 0 Å². The van der Waals surface area contributed by atoms with E-state index in [1.54, 1.807) is 17.3 Å². The van der Waals surface area contributed by atoms with Crippen molar-refractivity contribution in [2.75, 3.05) is 6.54 Å². The van der Waals surface area contributed by atoms with Crippen molar-refractivity contribution in [3.8, 4) is 0 Å².